The molecule has 4 heteroatoms. The summed E-state index contributed by atoms with van der Waals surface area (Å²) in [6, 6.07) is 7.45. The average molecular weight is 277 g/mol. The van der Waals surface area contributed by atoms with Crippen LogP contribution in [0.4, 0.5) is 5.69 Å². The number of carbonyl (C=O) groups is 2. The summed E-state index contributed by atoms with van der Waals surface area (Å²) in [7, 11) is 0. The van der Waals surface area contributed by atoms with E-state index in [9.17, 15) is 9.59 Å². The molecular formula is C16H23NO3. The Labute approximate surface area is 120 Å². The lowest BCUT2D eigenvalue weighted by Gasteiger charge is -2.19. The predicted octanol–water partition coefficient (Wildman–Crippen LogP) is 3.30. The van der Waals surface area contributed by atoms with Crippen LogP contribution in [-0.4, -0.2) is 18.0 Å². The molecule has 0 saturated heterocycles. The molecule has 1 aromatic carbocycles. The molecule has 0 aliphatic rings. The molecule has 1 N–H and O–H groups in total. The van der Waals surface area contributed by atoms with Crippen molar-refractivity contribution in [2.24, 2.45) is 5.41 Å². The van der Waals surface area contributed by atoms with E-state index in [1.54, 1.807) is 6.92 Å². The van der Waals surface area contributed by atoms with Crippen LogP contribution in [0.3, 0.4) is 0 Å². The first-order valence-electron chi connectivity index (χ1n) is 6.74. The van der Waals surface area contributed by atoms with Crippen molar-refractivity contribution < 1.29 is 14.3 Å². The van der Waals surface area contributed by atoms with Gasteiger partial charge in [-0.05, 0) is 31.4 Å². The van der Waals surface area contributed by atoms with E-state index in [1.165, 1.54) is 0 Å². The van der Waals surface area contributed by atoms with Crippen molar-refractivity contribution in [3.63, 3.8) is 0 Å². The molecule has 0 spiro atoms. The van der Waals surface area contributed by atoms with Gasteiger partial charge in [-0.1, -0.05) is 38.5 Å². The van der Waals surface area contributed by atoms with Crippen molar-refractivity contribution in [2.45, 2.75) is 47.1 Å². The number of rotatable bonds is 4. The van der Waals surface area contributed by atoms with Crippen LogP contribution in [0, 0.1) is 12.3 Å². The zero-order valence-corrected chi connectivity index (χ0v) is 12.8. The fourth-order valence-corrected chi connectivity index (χ4v) is 1.61. The second kappa shape index (κ2) is 6.55. The Morgan fingerprint density at radius 3 is 2.25 bits per heavy atom. The van der Waals surface area contributed by atoms with Crippen molar-refractivity contribution in [3.8, 4) is 0 Å². The molecule has 110 valence electrons. The van der Waals surface area contributed by atoms with E-state index in [0.717, 1.165) is 5.56 Å². The molecule has 0 aliphatic heterocycles. The van der Waals surface area contributed by atoms with E-state index < -0.39 is 6.10 Å². The first-order chi connectivity index (χ1) is 9.17. The highest BCUT2D eigenvalue weighted by atomic mass is 16.5. The van der Waals surface area contributed by atoms with Crippen molar-refractivity contribution in [2.75, 3.05) is 5.32 Å². The molecule has 1 rings (SSSR count). The average Bonchev–Trinajstić information content (AvgIpc) is 2.29. The van der Waals surface area contributed by atoms with Crippen LogP contribution in [-0.2, 0) is 14.3 Å². The van der Waals surface area contributed by atoms with Gasteiger partial charge in [-0.2, -0.15) is 0 Å². The standard InChI is InChI=1S/C16H23NO3/c1-11-6-8-13(9-7-11)17-15(19)12(2)20-14(18)10-16(3,4)5/h6-9,12H,10H2,1-5H3,(H,17,19)/t12-/m0/s1. The lowest BCUT2D eigenvalue weighted by Crippen LogP contribution is -2.31. The lowest BCUT2D eigenvalue weighted by atomic mass is 9.92. The SMILES string of the molecule is Cc1ccc(NC(=O)[C@H](C)OC(=O)CC(C)(C)C)cc1. The molecule has 1 aromatic rings. The number of anilines is 1. The Kier molecular flexibility index (Phi) is 5.31. The number of benzene rings is 1. The van der Waals surface area contributed by atoms with E-state index in [0.29, 0.717) is 5.69 Å². The van der Waals surface area contributed by atoms with Gasteiger partial charge in [0.05, 0.1) is 6.42 Å². The zero-order chi connectivity index (χ0) is 15.3. The molecule has 0 aromatic heterocycles. The molecule has 1 atom stereocenters. The van der Waals surface area contributed by atoms with Crippen LogP contribution in [0.25, 0.3) is 0 Å². The second-order valence-corrected chi connectivity index (χ2v) is 6.22. The van der Waals surface area contributed by atoms with Crippen LogP contribution < -0.4 is 5.32 Å². The normalized spacial score (nSPS) is 12.7. The molecule has 1 amide bonds. The summed E-state index contributed by atoms with van der Waals surface area (Å²) in [5.41, 5.74) is 1.66. The number of nitrogens with one attached hydrogen (secondary N) is 1. The third-order valence-electron chi connectivity index (χ3n) is 2.67. The second-order valence-electron chi connectivity index (χ2n) is 6.22. The third kappa shape index (κ3) is 5.87. The smallest absolute Gasteiger partial charge is 0.307 e. The van der Waals surface area contributed by atoms with E-state index in [2.05, 4.69) is 5.32 Å². The van der Waals surface area contributed by atoms with Crippen LogP contribution in [0.2, 0.25) is 0 Å². The molecule has 0 unspecified atom stereocenters. The maximum absolute atomic E-state index is 11.9. The van der Waals surface area contributed by atoms with Crippen molar-refractivity contribution in [1.82, 2.24) is 0 Å². The third-order valence-corrected chi connectivity index (χ3v) is 2.67. The summed E-state index contributed by atoms with van der Waals surface area (Å²) in [4.78, 5) is 23.6. The largest absolute Gasteiger partial charge is 0.453 e. The molecule has 0 heterocycles. The van der Waals surface area contributed by atoms with E-state index >= 15 is 0 Å². The lowest BCUT2D eigenvalue weighted by molar-refractivity contribution is -0.154. The monoisotopic (exact) mass is 277 g/mol. The summed E-state index contributed by atoms with van der Waals surface area (Å²) >= 11 is 0. The number of carbonyl (C=O) groups excluding carboxylic acids is 2. The van der Waals surface area contributed by atoms with Crippen LogP contribution in [0.15, 0.2) is 24.3 Å². The Bertz CT molecular complexity index is 471. The Hall–Kier alpha value is -1.84. The topological polar surface area (TPSA) is 55.4 Å². The van der Waals surface area contributed by atoms with Crippen LogP contribution in [0.5, 0.6) is 0 Å². The summed E-state index contributed by atoms with van der Waals surface area (Å²) in [5, 5.41) is 2.72. The van der Waals surface area contributed by atoms with Crippen molar-refractivity contribution in [3.05, 3.63) is 29.8 Å². The van der Waals surface area contributed by atoms with Gasteiger partial charge in [0, 0.05) is 5.69 Å². The fourth-order valence-electron chi connectivity index (χ4n) is 1.61. The fraction of sp³-hybridized carbons (Fsp3) is 0.500. The van der Waals surface area contributed by atoms with Crippen LogP contribution in [0.1, 0.15) is 39.7 Å². The number of hydrogen-bond donors (Lipinski definition) is 1. The van der Waals surface area contributed by atoms with Crippen LogP contribution >= 0.6 is 0 Å². The Morgan fingerprint density at radius 1 is 1.20 bits per heavy atom. The molecule has 0 bridgehead atoms. The molecule has 4 nitrogen and oxygen atoms in total. The number of esters is 1. The van der Waals surface area contributed by atoms with Gasteiger partial charge in [0.15, 0.2) is 6.10 Å². The van der Waals surface area contributed by atoms with Gasteiger partial charge in [0.1, 0.15) is 0 Å². The summed E-state index contributed by atoms with van der Waals surface area (Å²) < 4.78 is 5.13. The minimum absolute atomic E-state index is 0.149. The number of aryl methyl sites for hydroxylation is 1. The van der Waals surface area contributed by atoms with E-state index in [1.807, 2.05) is 52.0 Å². The molecular weight excluding hydrogens is 254 g/mol. The molecule has 0 radical (unpaired) electrons. The van der Waals surface area contributed by atoms with E-state index in [4.69, 9.17) is 4.74 Å². The van der Waals surface area contributed by atoms with Gasteiger partial charge in [0.2, 0.25) is 0 Å². The molecule has 0 aliphatic carbocycles. The van der Waals surface area contributed by atoms with Crippen molar-refractivity contribution >= 4 is 17.6 Å². The summed E-state index contributed by atoms with van der Waals surface area (Å²) in [6.45, 7) is 9.40. The Balaban J connectivity index is 2.51. The first-order valence-corrected chi connectivity index (χ1v) is 6.74. The number of hydrogen-bond acceptors (Lipinski definition) is 3. The van der Waals surface area contributed by atoms with Gasteiger partial charge in [0.25, 0.3) is 5.91 Å². The number of ether oxygens (including phenoxy) is 1. The molecule has 0 saturated carbocycles. The molecule has 0 fully saturated rings. The predicted molar refractivity (Wildman–Crippen MR) is 79.4 cm³/mol. The van der Waals surface area contributed by atoms with Crippen molar-refractivity contribution in [1.29, 1.82) is 0 Å². The highest BCUT2D eigenvalue weighted by molar-refractivity contribution is 5.95. The minimum atomic E-state index is -0.800. The van der Waals surface area contributed by atoms with Gasteiger partial charge in [-0.3, -0.25) is 9.59 Å². The quantitative estimate of drug-likeness (QED) is 0.859. The highest BCUT2D eigenvalue weighted by Crippen LogP contribution is 2.19. The summed E-state index contributed by atoms with van der Waals surface area (Å²) in [5.74, 6) is -0.680. The highest BCUT2D eigenvalue weighted by Gasteiger charge is 2.22. The van der Waals surface area contributed by atoms with Gasteiger partial charge in [-0.15, -0.1) is 0 Å². The first kappa shape index (κ1) is 16.2. The van der Waals surface area contributed by atoms with Gasteiger partial charge >= 0.3 is 5.97 Å². The van der Waals surface area contributed by atoms with E-state index in [-0.39, 0.29) is 23.7 Å². The zero-order valence-electron chi connectivity index (χ0n) is 12.8. The van der Waals surface area contributed by atoms with Gasteiger partial charge < -0.3 is 10.1 Å². The maximum Gasteiger partial charge on any atom is 0.307 e. The maximum atomic E-state index is 11.9. The Morgan fingerprint density at radius 2 is 1.75 bits per heavy atom. The number of amides is 1. The molecule has 20 heavy (non-hydrogen) atoms. The summed E-state index contributed by atoms with van der Waals surface area (Å²) in [6.07, 6.45) is -0.513. The minimum Gasteiger partial charge on any atom is -0.453 e. The van der Waals surface area contributed by atoms with Gasteiger partial charge in [-0.25, -0.2) is 0 Å².